The number of nitrogens with zero attached hydrogens (tertiary/aromatic N) is 2. The summed E-state index contributed by atoms with van der Waals surface area (Å²) in [7, 11) is 0. The number of benzene rings is 1. The molecule has 0 spiro atoms. The molecule has 8 heteroatoms. The Kier molecular flexibility index (Phi) is 5.87. The number of thiocarbonyl (C=S) groups is 1. The van der Waals surface area contributed by atoms with Crippen LogP contribution in [0.1, 0.15) is 37.7 Å². The summed E-state index contributed by atoms with van der Waals surface area (Å²) in [5.74, 6) is 1.47. The van der Waals surface area contributed by atoms with Crippen molar-refractivity contribution in [2.24, 2.45) is 0 Å². The highest BCUT2D eigenvalue weighted by Gasteiger charge is 2.32. The maximum atomic E-state index is 12.7. The van der Waals surface area contributed by atoms with Crippen molar-refractivity contribution in [3.63, 3.8) is 0 Å². The van der Waals surface area contributed by atoms with Gasteiger partial charge in [0.05, 0.1) is 4.91 Å². The number of amides is 2. The number of rotatable bonds is 5. The molecule has 2 saturated heterocycles. The maximum Gasteiger partial charge on any atom is 0.266 e. The van der Waals surface area contributed by atoms with Crippen molar-refractivity contribution in [3.05, 3.63) is 28.7 Å². The first-order valence-corrected chi connectivity index (χ1v) is 10.8. The largest absolute Gasteiger partial charge is 0.454 e. The summed E-state index contributed by atoms with van der Waals surface area (Å²) in [5, 5.41) is 0. The van der Waals surface area contributed by atoms with Crippen molar-refractivity contribution in [2.75, 3.05) is 26.4 Å². The standard InChI is InChI=1S/C20H22N2O4S2/c23-18(21-8-2-1-3-9-21)5-4-10-22-19(24)17(28-20(22)27)12-14-6-7-15-16(11-14)26-13-25-15/h6-7,11-12H,1-5,8-10,13H2. The van der Waals surface area contributed by atoms with Crippen molar-refractivity contribution in [1.82, 2.24) is 9.80 Å². The quantitative estimate of drug-likeness (QED) is 0.540. The predicted molar refractivity (Wildman–Crippen MR) is 112 cm³/mol. The van der Waals surface area contributed by atoms with Gasteiger partial charge in [0.15, 0.2) is 11.5 Å². The molecule has 3 aliphatic heterocycles. The van der Waals surface area contributed by atoms with Crippen LogP contribution >= 0.6 is 24.0 Å². The molecule has 2 amide bonds. The van der Waals surface area contributed by atoms with E-state index in [2.05, 4.69) is 0 Å². The van der Waals surface area contributed by atoms with Gasteiger partial charge in [0.1, 0.15) is 4.32 Å². The Morgan fingerprint density at radius 1 is 1.18 bits per heavy atom. The van der Waals surface area contributed by atoms with Crippen molar-refractivity contribution in [3.8, 4) is 11.5 Å². The molecule has 0 radical (unpaired) electrons. The van der Waals surface area contributed by atoms with Crippen LogP contribution in [0.4, 0.5) is 0 Å². The van der Waals surface area contributed by atoms with Gasteiger partial charge in [-0.25, -0.2) is 0 Å². The van der Waals surface area contributed by atoms with Crippen LogP contribution in [0.2, 0.25) is 0 Å². The third kappa shape index (κ3) is 4.17. The summed E-state index contributed by atoms with van der Waals surface area (Å²) in [6.07, 6.45) is 6.28. The number of hydrogen-bond acceptors (Lipinski definition) is 6. The second-order valence-corrected chi connectivity index (χ2v) is 8.67. The van der Waals surface area contributed by atoms with Gasteiger partial charge in [-0.15, -0.1) is 0 Å². The Morgan fingerprint density at radius 2 is 1.96 bits per heavy atom. The maximum absolute atomic E-state index is 12.7. The molecule has 3 aliphatic rings. The fourth-order valence-electron chi connectivity index (χ4n) is 3.54. The molecular formula is C20H22N2O4S2. The molecule has 0 N–H and O–H groups in total. The zero-order chi connectivity index (χ0) is 19.5. The van der Waals surface area contributed by atoms with Crippen molar-refractivity contribution in [1.29, 1.82) is 0 Å². The van der Waals surface area contributed by atoms with Crippen LogP contribution < -0.4 is 9.47 Å². The van der Waals surface area contributed by atoms with Gasteiger partial charge in [0.2, 0.25) is 12.7 Å². The summed E-state index contributed by atoms with van der Waals surface area (Å²) < 4.78 is 11.2. The van der Waals surface area contributed by atoms with E-state index < -0.39 is 0 Å². The minimum atomic E-state index is -0.0990. The first-order chi connectivity index (χ1) is 13.6. The number of thioether (sulfide) groups is 1. The average Bonchev–Trinajstić information content (AvgIpc) is 3.28. The number of carbonyl (C=O) groups excluding carboxylic acids is 2. The molecule has 0 bridgehead atoms. The van der Waals surface area contributed by atoms with Crippen LogP contribution in [0.3, 0.4) is 0 Å². The number of likely N-dealkylation sites (tertiary alicyclic amines) is 1. The first-order valence-electron chi connectivity index (χ1n) is 9.54. The minimum absolute atomic E-state index is 0.0990. The SMILES string of the molecule is O=C(CCCN1C(=O)C(=Cc2ccc3c(c2)OCO3)SC1=S)N1CCCCC1. The number of carbonyl (C=O) groups is 2. The Bertz CT molecular complexity index is 833. The third-order valence-electron chi connectivity index (χ3n) is 5.05. The van der Waals surface area contributed by atoms with Crippen molar-refractivity contribution >= 4 is 46.2 Å². The van der Waals surface area contributed by atoms with E-state index in [1.807, 2.05) is 29.2 Å². The highest BCUT2D eigenvalue weighted by atomic mass is 32.2. The van der Waals surface area contributed by atoms with Crippen molar-refractivity contribution in [2.45, 2.75) is 32.1 Å². The third-order valence-corrected chi connectivity index (χ3v) is 6.43. The zero-order valence-corrected chi connectivity index (χ0v) is 17.2. The molecule has 28 heavy (non-hydrogen) atoms. The lowest BCUT2D eigenvalue weighted by molar-refractivity contribution is -0.132. The zero-order valence-electron chi connectivity index (χ0n) is 15.5. The molecule has 0 unspecified atom stereocenters. The van der Waals surface area contributed by atoms with Gasteiger partial charge in [-0.2, -0.15) is 0 Å². The van der Waals surface area contributed by atoms with Crippen LogP contribution in [0.25, 0.3) is 6.08 Å². The second kappa shape index (κ2) is 8.53. The molecule has 4 rings (SSSR count). The van der Waals surface area contributed by atoms with Crippen LogP contribution in [0.15, 0.2) is 23.1 Å². The summed E-state index contributed by atoms with van der Waals surface area (Å²) >= 11 is 6.68. The smallest absolute Gasteiger partial charge is 0.266 e. The molecule has 0 atom stereocenters. The average molecular weight is 419 g/mol. The van der Waals surface area contributed by atoms with E-state index in [-0.39, 0.29) is 18.6 Å². The first kappa shape index (κ1) is 19.3. The lowest BCUT2D eigenvalue weighted by Crippen LogP contribution is -2.36. The molecule has 0 saturated carbocycles. The molecule has 1 aromatic rings. The molecule has 148 valence electrons. The molecule has 0 aliphatic carbocycles. The van der Waals surface area contributed by atoms with Gasteiger partial charge < -0.3 is 14.4 Å². The van der Waals surface area contributed by atoms with Crippen LogP contribution in [-0.2, 0) is 9.59 Å². The molecule has 3 heterocycles. The fraction of sp³-hybridized carbons (Fsp3) is 0.450. The minimum Gasteiger partial charge on any atom is -0.454 e. The van der Waals surface area contributed by atoms with Crippen LogP contribution in [0, 0.1) is 0 Å². The highest BCUT2D eigenvalue weighted by molar-refractivity contribution is 8.26. The molecular weight excluding hydrogens is 396 g/mol. The summed E-state index contributed by atoms with van der Waals surface area (Å²) in [4.78, 5) is 29.1. The van der Waals surface area contributed by atoms with Crippen LogP contribution in [-0.4, -0.2) is 52.4 Å². The summed E-state index contributed by atoms with van der Waals surface area (Å²) in [6, 6.07) is 5.57. The molecule has 2 fully saturated rings. The predicted octanol–water partition coefficient (Wildman–Crippen LogP) is 3.41. The fourth-order valence-corrected chi connectivity index (χ4v) is 4.85. The van der Waals surface area contributed by atoms with Crippen LogP contribution in [0.5, 0.6) is 11.5 Å². The van der Waals surface area contributed by atoms with E-state index in [9.17, 15) is 9.59 Å². The van der Waals surface area contributed by atoms with E-state index in [1.165, 1.54) is 18.2 Å². The lowest BCUT2D eigenvalue weighted by Gasteiger charge is -2.27. The summed E-state index contributed by atoms with van der Waals surface area (Å²) in [6.45, 7) is 2.41. The van der Waals surface area contributed by atoms with E-state index >= 15 is 0 Å². The topological polar surface area (TPSA) is 59.1 Å². The van der Waals surface area contributed by atoms with Crippen molar-refractivity contribution < 1.29 is 19.1 Å². The Balaban J connectivity index is 1.34. The van der Waals surface area contributed by atoms with E-state index in [0.29, 0.717) is 40.1 Å². The Morgan fingerprint density at radius 3 is 2.79 bits per heavy atom. The number of ether oxygens (including phenoxy) is 2. The normalized spacial score (nSPS) is 20.4. The number of fused-ring (bicyclic) bond motifs is 1. The van der Waals surface area contributed by atoms with Gasteiger partial charge in [-0.1, -0.05) is 30.0 Å². The lowest BCUT2D eigenvalue weighted by atomic mass is 10.1. The van der Waals surface area contributed by atoms with Gasteiger partial charge in [-0.3, -0.25) is 14.5 Å². The van der Waals surface area contributed by atoms with E-state index in [4.69, 9.17) is 21.7 Å². The molecule has 6 nitrogen and oxygen atoms in total. The van der Waals surface area contributed by atoms with Gasteiger partial charge in [0.25, 0.3) is 5.91 Å². The second-order valence-electron chi connectivity index (χ2n) is 6.99. The number of hydrogen-bond donors (Lipinski definition) is 0. The Hall–Kier alpha value is -2.06. The van der Waals surface area contributed by atoms with E-state index in [1.54, 1.807) is 4.90 Å². The number of piperidine rings is 1. The van der Waals surface area contributed by atoms with Gasteiger partial charge in [-0.05, 0) is 49.5 Å². The highest BCUT2D eigenvalue weighted by Crippen LogP contribution is 2.36. The molecule has 1 aromatic carbocycles. The molecule has 0 aromatic heterocycles. The van der Waals surface area contributed by atoms with Gasteiger partial charge >= 0.3 is 0 Å². The summed E-state index contributed by atoms with van der Waals surface area (Å²) in [5.41, 5.74) is 0.866. The Labute approximate surface area is 173 Å². The van der Waals surface area contributed by atoms with E-state index in [0.717, 1.165) is 31.5 Å². The monoisotopic (exact) mass is 418 g/mol. The van der Waals surface area contributed by atoms with Gasteiger partial charge in [0, 0.05) is 26.1 Å².